The smallest absolute Gasteiger partial charge is 0.410 e. The molecular formula is C25H23F2N3O3S. The van der Waals surface area contributed by atoms with Gasteiger partial charge in [-0.1, -0.05) is 18.2 Å². The maximum absolute atomic E-state index is 13.7. The van der Waals surface area contributed by atoms with E-state index < -0.39 is 29.7 Å². The lowest BCUT2D eigenvalue weighted by Crippen LogP contribution is -2.49. The first-order valence-electron chi connectivity index (χ1n) is 10.0. The minimum Gasteiger partial charge on any atom is -0.410 e. The van der Waals surface area contributed by atoms with Crippen LogP contribution in [0.2, 0.25) is 0 Å². The van der Waals surface area contributed by atoms with Crippen molar-refractivity contribution >= 4 is 31.2 Å². The van der Waals surface area contributed by atoms with Gasteiger partial charge in [-0.15, -0.1) is 0 Å². The molecule has 9 heteroatoms. The molecule has 1 N–H and O–H groups in total. The highest BCUT2D eigenvalue weighted by atomic mass is 32.1. The van der Waals surface area contributed by atoms with Crippen molar-refractivity contribution in [3.8, 4) is 11.8 Å². The fourth-order valence-corrected chi connectivity index (χ4v) is 3.27. The second-order valence-electron chi connectivity index (χ2n) is 7.39. The van der Waals surface area contributed by atoms with Crippen molar-refractivity contribution in [2.24, 2.45) is 0 Å². The maximum Gasteiger partial charge on any atom is 0.413 e. The van der Waals surface area contributed by atoms with Crippen LogP contribution in [0.4, 0.5) is 19.3 Å². The van der Waals surface area contributed by atoms with Crippen LogP contribution in [-0.2, 0) is 11.2 Å². The van der Waals surface area contributed by atoms with Crippen molar-refractivity contribution in [2.45, 2.75) is 19.4 Å². The number of likely N-dealkylation sites (N-methyl/N-ethyl adjacent to an activating group) is 1. The summed E-state index contributed by atoms with van der Waals surface area (Å²) in [6.07, 6.45) is -1.06. The monoisotopic (exact) mass is 483 g/mol. The van der Waals surface area contributed by atoms with Crippen LogP contribution in [-0.4, -0.2) is 25.1 Å². The molecule has 6 nitrogen and oxygen atoms in total. The summed E-state index contributed by atoms with van der Waals surface area (Å²) in [6, 6.07) is 16.9. The molecule has 0 heterocycles. The van der Waals surface area contributed by atoms with Gasteiger partial charge in [-0.25, -0.2) is 13.6 Å². The second-order valence-corrected chi connectivity index (χ2v) is 7.39. The van der Waals surface area contributed by atoms with E-state index in [9.17, 15) is 18.4 Å². The first-order valence-corrected chi connectivity index (χ1v) is 10.0. The van der Waals surface area contributed by atoms with E-state index in [4.69, 9.17) is 10.00 Å². The summed E-state index contributed by atoms with van der Waals surface area (Å²) >= 11 is 0. The third kappa shape index (κ3) is 6.80. The SMILES string of the molecule is Cc1cc(N(C)C(=O)[C@H](Cc2cc(F)cc(F)c2)NC(=O)Oc2ccccc2)ccc1C#N.S. The van der Waals surface area contributed by atoms with Crippen LogP contribution in [0, 0.1) is 29.9 Å². The number of carbonyl (C=O) groups is 2. The fraction of sp³-hybridized carbons (Fsp3) is 0.160. The zero-order valence-electron chi connectivity index (χ0n) is 18.5. The zero-order chi connectivity index (χ0) is 24.0. The molecule has 2 amide bonds. The standard InChI is InChI=1S/C25H21F2N3O3.H2S/c1-16-10-21(9-8-18(16)15-28)30(2)24(31)23(13-17-11-19(26)14-20(27)12-17)29-25(32)33-22-6-4-3-5-7-22;/h3-12,14,23H,13H2,1-2H3,(H,29,32);1H2/t23-;/m0./s1. The lowest BCUT2D eigenvalue weighted by molar-refractivity contribution is -0.120. The van der Waals surface area contributed by atoms with E-state index in [0.29, 0.717) is 16.8 Å². The summed E-state index contributed by atoms with van der Waals surface area (Å²) in [4.78, 5) is 27.0. The van der Waals surface area contributed by atoms with Crippen molar-refractivity contribution in [1.82, 2.24) is 5.32 Å². The van der Waals surface area contributed by atoms with Gasteiger partial charge in [-0.05, 0) is 60.5 Å². The van der Waals surface area contributed by atoms with Crippen LogP contribution in [0.1, 0.15) is 16.7 Å². The number of amides is 2. The molecule has 0 aliphatic heterocycles. The lowest BCUT2D eigenvalue weighted by Gasteiger charge is -2.25. The third-order valence-corrected chi connectivity index (χ3v) is 4.95. The second kappa shape index (κ2) is 11.8. The summed E-state index contributed by atoms with van der Waals surface area (Å²) < 4.78 is 32.6. The van der Waals surface area contributed by atoms with E-state index in [-0.39, 0.29) is 31.2 Å². The molecule has 0 spiro atoms. The van der Waals surface area contributed by atoms with Crippen molar-refractivity contribution in [3.05, 3.63) is 95.1 Å². The van der Waals surface area contributed by atoms with Gasteiger partial charge in [-0.3, -0.25) is 4.79 Å². The quantitative estimate of drug-likeness (QED) is 0.555. The number of rotatable bonds is 6. The van der Waals surface area contributed by atoms with E-state index in [1.807, 2.05) is 0 Å². The third-order valence-electron chi connectivity index (χ3n) is 4.95. The van der Waals surface area contributed by atoms with E-state index >= 15 is 0 Å². The number of nitriles is 1. The number of halogens is 2. The molecule has 0 aliphatic carbocycles. The Kier molecular flexibility index (Phi) is 9.16. The van der Waals surface area contributed by atoms with Crippen molar-refractivity contribution < 1.29 is 23.1 Å². The molecule has 0 saturated heterocycles. The number of carbonyl (C=O) groups excluding carboxylic acids is 2. The van der Waals surface area contributed by atoms with Crippen LogP contribution < -0.4 is 15.0 Å². The maximum atomic E-state index is 13.7. The number of benzene rings is 3. The van der Waals surface area contributed by atoms with Crippen molar-refractivity contribution in [3.63, 3.8) is 0 Å². The van der Waals surface area contributed by atoms with Gasteiger partial charge in [0.25, 0.3) is 0 Å². The molecule has 3 rings (SSSR count). The average Bonchev–Trinajstić information content (AvgIpc) is 2.77. The number of hydrogen-bond donors (Lipinski definition) is 1. The number of nitrogens with zero attached hydrogens (tertiary/aromatic N) is 2. The number of aryl methyl sites for hydroxylation is 1. The van der Waals surface area contributed by atoms with Crippen LogP contribution in [0.5, 0.6) is 5.75 Å². The minimum absolute atomic E-state index is 0. The van der Waals surface area contributed by atoms with Gasteiger partial charge in [0.15, 0.2) is 0 Å². The highest BCUT2D eigenvalue weighted by Gasteiger charge is 2.27. The molecule has 3 aromatic rings. The summed E-state index contributed by atoms with van der Waals surface area (Å²) in [5.74, 6) is -1.85. The average molecular weight is 484 g/mol. The Morgan fingerprint density at radius 2 is 1.71 bits per heavy atom. The van der Waals surface area contributed by atoms with Gasteiger partial charge in [0.05, 0.1) is 11.6 Å². The van der Waals surface area contributed by atoms with Crippen LogP contribution in [0.3, 0.4) is 0 Å². The first-order chi connectivity index (χ1) is 15.8. The lowest BCUT2D eigenvalue weighted by atomic mass is 10.0. The number of ether oxygens (including phenoxy) is 1. The molecule has 34 heavy (non-hydrogen) atoms. The van der Waals surface area contributed by atoms with E-state index in [2.05, 4.69) is 11.4 Å². The highest BCUT2D eigenvalue weighted by Crippen LogP contribution is 2.20. The van der Waals surface area contributed by atoms with Gasteiger partial charge in [0.2, 0.25) is 5.91 Å². The van der Waals surface area contributed by atoms with Gasteiger partial charge in [-0.2, -0.15) is 18.8 Å². The van der Waals surface area contributed by atoms with Crippen molar-refractivity contribution in [2.75, 3.05) is 11.9 Å². The predicted molar refractivity (Wildman–Crippen MR) is 129 cm³/mol. The summed E-state index contributed by atoms with van der Waals surface area (Å²) in [6.45, 7) is 1.74. The van der Waals surface area contributed by atoms with E-state index in [1.165, 1.54) is 11.9 Å². The summed E-state index contributed by atoms with van der Waals surface area (Å²) in [7, 11) is 1.51. The zero-order valence-corrected chi connectivity index (χ0v) is 19.5. The van der Waals surface area contributed by atoms with Crippen LogP contribution in [0.25, 0.3) is 0 Å². The highest BCUT2D eigenvalue weighted by molar-refractivity contribution is 7.59. The minimum atomic E-state index is -1.18. The first kappa shape index (κ1) is 26.4. The van der Waals surface area contributed by atoms with Gasteiger partial charge in [0.1, 0.15) is 23.4 Å². The summed E-state index contributed by atoms with van der Waals surface area (Å²) in [5.41, 5.74) is 1.83. The van der Waals surface area contributed by atoms with Gasteiger partial charge >= 0.3 is 6.09 Å². The number of anilines is 1. The molecule has 1 atom stereocenters. The molecule has 0 aliphatic rings. The van der Waals surface area contributed by atoms with Gasteiger partial charge < -0.3 is 15.0 Å². The molecule has 0 radical (unpaired) electrons. The Hall–Kier alpha value is -3.90. The Labute approximate surface area is 203 Å². The number of para-hydroxylation sites is 1. The normalized spacial score (nSPS) is 10.9. The number of nitrogens with one attached hydrogen (secondary N) is 1. The van der Waals surface area contributed by atoms with Crippen LogP contribution in [0.15, 0.2) is 66.7 Å². The largest absolute Gasteiger partial charge is 0.413 e. The molecule has 0 fully saturated rings. The predicted octanol–water partition coefficient (Wildman–Crippen LogP) is 4.62. The number of hydrogen-bond acceptors (Lipinski definition) is 4. The Balaban J connectivity index is 0.00000408. The van der Waals surface area contributed by atoms with Crippen LogP contribution >= 0.6 is 13.5 Å². The molecule has 0 saturated carbocycles. The van der Waals surface area contributed by atoms with Crippen molar-refractivity contribution in [1.29, 1.82) is 5.26 Å². The van der Waals surface area contributed by atoms with E-state index in [0.717, 1.165) is 18.2 Å². The molecule has 176 valence electrons. The van der Waals surface area contributed by atoms with E-state index in [1.54, 1.807) is 55.5 Å². The fourth-order valence-electron chi connectivity index (χ4n) is 3.27. The van der Waals surface area contributed by atoms with Gasteiger partial charge in [0, 0.05) is 25.2 Å². The Bertz CT molecular complexity index is 1200. The Morgan fingerprint density at radius 1 is 1.06 bits per heavy atom. The molecular weight excluding hydrogens is 460 g/mol. The molecule has 3 aromatic carbocycles. The molecule has 0 aromatic heterocycles. The topological polar surface area (TPSA) is 82.4 Å². The summed E-state index contributed by atoms with van der Waals surface area (Å²) in [5, 5.41) is 11.6. The molecule has 0 unspecified atom stereocenters. The Morgan fingerprint density at radius 3 is 2.29 bits per heavy atom. The molecule has 0 bridgehead atoms.